The predicted molar refractivity (Wildman–Crippen MR) is 110 cm³/mol. The molecule has 1 saturated carbocycles. The summed E-state index contributed by atoms with van der Waals surface area (Å²) >= 11 is 0. The van der Waals surface area contributed by atoms with Crippen LogP contribution in [0.3, 0.4) is 0 Å². The molecule has 0 radical (unpaired) electrons. The van der Waals surface area contributed by atoms with E-state index in [1.54, 1.807) is 13.2 Å². The Balaban J connectivity index is 1.67. The Kier molecular flexibility index (Phi) is 5.86. The summed E-state index contributed by atoms with van der Waals surface area (Å²) in [5.74, 6) is 1.07. The zero-order valence-corrected chi connectivity index (χ0v) is 16.9. The van der Waals surface area contributed by atoms with Gasteiger partial charge in [-0.15, -0.1) is 0 Å². The molecule has 4 nitrogen and oxygen atoms in total. The molecule has 1 aliphatic heterocycles. The number of ether oxygens (including phenoxy) is 2. The molecule has 4 rings (SSSR count). The molecular weight excluding hydrogens is 369 g/mol. The van der Waals surface area contributed by atoms with Gasteiger partial charge in [0, 0.05) is 25.3 Å². The van der Waals surface area contributed by atoms with Crippen molar-refractivity contribution in [3.63, 3.8) is 0 Å². The molecule has 2 fully saturated rings. The number of nitrogens with one attached hydrogen (secondary N) is 1. The highest BCUT2D eigenvalue weighted by molar-refractivity contribution is 5.84. The Hall–Kier alpha value is -2.40. The zero-order valence-electron chi connectivity index (χ0n) is 16.9. The van der Waals surface area contributed by atoms with E-state index in [0.717, 1.165) is 17.7 Å². The van der Waals surface area contributed by atoms with Crippen LogP contribution in [0.2, 0.25) is 0 Å². The zero-order chi connectivity index (χ0) is 20.3. The minimum atomic E-state index is -0.496. The second-order valence-electron chi connectivity index (χ2n) is 8.22. The van der Waals surface area contributed by atoms with Crippen molar-refractivity contribution >= 4 is 5.91 Å². The smallest absolute Gasteiger partial charge is 0.226 e. The van der Waals surface area contributed by atoms with E-state index in [9.17, 15) is 9.18 Å². The van der Waals surface area contributed by atoms with E-state index in [-0.39, 0.29) is 11.7 Å². The Morgan fingerprint density at radius 2 is 1.93 bits per heavy atom. The molecule has 0 unspecified atom stereocenters. The SMILES string of the molecule is COc1ccc(F)cc1-c1ccccc1CC1(C(=O)NCC2CC2)CCOCC1. The minimum Gasteiger partial charge on any atom is -0.496 e. The number of halogens is 1. The van der Waals surface area contributed by atoms with Crippen LogP contribution in [0.1, 0.15) is 31.2 Å². The third-order valence-electron chi connectivity index (χ3n) is 6.18. The van der Waals surface area contributed by atoms with Gasteiger partial charge in [0.25, 0.3) is 0 Å². The highest BCUT2D eigenvalue weighted by Crippen LogP contribution is 2.40. The second-order valence-corrected chi connectivity index (χ2v) is 8.22. The van der Waals surface area contributed by atoms with Crippen LogP contribution in [0.15, 0.2) is 42.5 Å². The van der Waals surface area contributed by atoms with Crippen LogP contribution >= 0.6 is 0 Å². The van der Waals surface area contributed by atoms with E-state index in [2.05, 4.69) is 5.32 Å². The molecule has 1 heterocycles. The Bertz CT molecular complexity index is 872. The van der Waals surface area contributed by atoms with E-state index in [4.69, 9.17) is 9.47 Å². The van der Waals surface area contributed by atoms with Crippen molar-refractivity contribution in [3.05, 3.63) is 53.8 Å². The van der Waals surface area contributed by atoms with Crippen LogP contribution in [0.5, 0.6) is 5.75 Å². The van der Waals surface area contributed by atoms with Gasteiger partial charge in [0.05, 0.1) is 12.5 Å². The summed E-state index contributed by atoms with van der Waals surface area (Å²) < 4.78 is 25.1. The lowest BCUT2D eigenvalue weighted by Gasteiger charge is -2.36. The van der Waals surface area contributed by atoms with Crippen molar-refractivity contribution in [2.75, 3.05) is 26.9 Å². The van der Waals surface area contributed by atoms with Crippen LogP contribution < -0.4 is 10.1 Å². The van der Waals surface area contributed by atoms with Gasteiger partial charge in [-0.05, 0) is 67.3 Å². The van der Waals surface area contributed by atoms with Gasteiger partial charge < -0.3 is 14.8 Å². The molecule has 29 heavy (non-hydrogen) atoms. The molecule has 0 spiro atoms. The third kappa shape index (κ3) is 4.45. The van der Waals surface area contributed by atoms with Crippen LogP contribution in [-0.4, -0.2) is 32.8 Å². The summed E-state index contributed by atoms with van der Waals surface area (Å²) in [6.07, 6.45) is 4.40. The lowest BCUT2D eigenvalue weighted by atomic mass is 9.73. The van der Waals surface area contributed by atoms with E-state index in [1.807, 2.05) is 24.3 Å². The first-order chi connectivity index (χ1) is 14.1. The largest absolute Gasteiger partial charge is 0.496 e. The van der Waals surface area contributed by atoms with Crippen LogP contribution in [-0.2, 0) is 16.0 Å². The first-order valence-electron chi connectivity index (χ1n) is 10.4. The minimum absolute atomic E-state index is 0.119. The number of hydrogen-bond acceptors (Lipinski definition) is 3. The molecule has 154 valence electrons. The van der Waals surface area contributed by atoms with E-state index < -0.39 is 5.41 Å². The molecule has 2 aromatic rings. The standard InChI is InChI=1S/C24H28FNO3/c1-28-22-9-8-19(25)14-21(22)20-5-3-2-4-18(20)15-24(10-12-29-13-11-24)23(27)26-16-17-6-7-17/h2-5,8-9,14,17H,6-7,10-13,15-16H2,1H3,(H,26,27). The number of methoxy groups -OCH3 is 1. The lowest BCUT2D eigenvalue weighted by molar-refractivity contribution is -0.136. The fourth-order valence-electron chi connectivity index (χ4n) is 4.19. The summed E-state index contributed by atoms with van der Waals surface area (Å²) in [5, 5.41) is 3.19. The van der Waals surface area contributed by atoms with E-state index >= 15 is 0 Å². The molecular formula is C24H28FNO3. The van der Waals surface area contributed by atoms with Crippen molar-refractivity contribution in [3.8, 4) is 16.9 Å². The Morgan fingerprint density at radius 1 is 1.17 bits per heavy atom. The van der Waals surface area contributed by atoms with E-state index in [1.165, 1.54) is 25.0 Å². The highest BCUT2D eigenvalue weighted by atomic mass is 19.1. The van der Waals surface area contributed by atoms with Gasteiger partial charge in [-0.1, -0.05) is 24.3 Å². The first kappa shape index (κ1) is 19.9. The monoisotopic (exact) mass is 397 g/mol. The Labute approximate surface area is 171 Å². The van der Waals surface area contributed by atoms with Crippen molar-refractivity contribution in [1.82, 2.24) is 5.32 Å². The topological polar surface area (TPSA) is 47.6 Å². The number of carbonyl (C=O) groups excluding carboxylic acids is 1. The second kappa shape index (κ2) is 8.54. The first-order valence-corrected chi connectivity index (χ1v) is 10.4. The molecule has 0 bridgehead atoms. The predicted octanol–water partition coefficient (Wildman–Crippen LogP) is 4.37. The highest BCUT2D eigenvalue weighted by Gasteiger charge is 2.41. The van der Waals surface area contributed by atoms with Gasteiger partial charge in [0.15, 0.2) is 0 Å². The van der Waals surface area contributed by atoms with Crippen LogP contribution in [0.4, 0.5) is 4.39 Å². The molecule has 2 aromatic carbocycles. The third-order valence-corrected chi connectivity index (χ3v) is 6.18. The Morgan fingerprint density at radius 3 is 2.66 bits per heavy atom. The normalized spacial score (nSPS) is 18.3. The van der Waals surface area contributed by atoms with Gasteiger partial charge in [-0.2, -0.15) is 0 Å². The van der Waals surface area contributed by atoms with Crippen molar-refractivity contribution in [1.29, 1.82) is 0 Å². The van der Waals surface area contributed by atoms with Crippen molar-refractivity contribution < 1.29 is 18.7 Å². The maximum Gasteiger partial charge on any atom is 0.226 e. The van der Waals surface area contributed by atoms with Crippen molar-refractivity contribution in [2.45, 2.75) is 32.1 Å². The fraction of sp³-hybridized carbons (Fsp3) is 0.458. The van der Waals surface area contributed by atoms with E-state index in [0.29, 0.717) is 49.7 Å². The molecule has 1 N–H and O–H groups in total. The van der Waals surface area contributed by atoms with Crippen LogP contribution in [0, 0.1) is 17.2 Å². The number of rotatable bonds is 7. The van der Waals surface area contributed by atoms with Gasteiger partial charge >= 0.3 is 0 Å². The molecule has 0 aromatic heterocycles. The molecule has 1 amide bonds. The average Bonchev–Trinajstić information content (AvgIpc) is 3.57. The van der Waals surface area contributed by atoms with Gasteiger partial charge in [0.1, 0.15) is 11.6 Å². The molecule has 1 saturated heterocycles. The lowest BCUT2D eigenvalue weighted by Crippen LogP contribution is -2.46. The molecule has 5 heteroatoms. The number of carbonyl (C=O) groups is 1. The summed E-state index contributed by atoms with van der Waals surface area (Å²) in [7, 11) is 1.59. The quantitative estimate of drug-likeness (QED) is 0.755. The number of amides is 1. The summed E-state index contributed by atoms with van der Waals surface area (Å²) in [5.41, 5.74) is 2.15. The summed E-state index contributed by atoms with van der Waals surface area (Å²) in [4.78, 5) is 13.2. The van der Waals surface area contributed by atoms with Gasteiger partial charge in [-0.25, -0.2) is 4.39 Å². The molecule has 0 atom stereocenters. The maximum absolute atomic E-state index is 14.0. The van der Waals surface area contributed by atoms with Gasteiger partial charge in [-0.3, -0.25) is 4.79 Å². The summed E-state index contributed by atoms with van der Waals surface area (Å²) in [6.45, 7) is 1.94. The van der Waals surface area contributed by atoms with Crippen LogP contribution in [0.25, 0.3) is 11.1 Å². The maximum atomic E-state index is 14.0. The average molecular weight is 397 g/mol. The fourth-order valence-corrected chi connectivity index (χ4v) is 4.19. The van der Waals surface area contributed by atoms with Gasteiger partial charge in [0.2, 0.25) is 5.91 Å². The number of hydrogen-bond donors (Lipinski definition) is 1. The molecule has 2 aliphatic rings. The van der Waals surface area contributed by atoms with Crippen molar-refractivity contribution in [2.24, 2.45) is 11.3 Å². The molecule has 1 aliphatic carbocycles. The summed E-state index contributed by atoms with van der Waals surface area (Å²) in [6, 6.07) is 12.5. The number of benzene rings is 2.